The SMILES string of the molecule is O=C1Nc2ccccc2C(O)(C(F)(F)F)N1Cc1ccccc1. The first kappa shape index (κ1) is 15.4. The molecule has 0 bridgehead atoms. The summed E-state index contributed by atoms with van der Waals surface area (Å²) in [6.45, 7) is -0.378. The number of hydrogen-bond acceptors (Lipinski definition) is 2. The van der Waals surface area contributed by atoms with Crippen molar-refractivity contribution in [3.05, 3.63) is 65.7 Å². The van der Waals surface area contributed by atoms with E-state index >= 15 is 0 Å². The van der Waals surface area contributed by atoms with Crippen LogP contribution in [0.4, 0.5) is 23.7 Å². The normalized spacial score (nSPS) is 20.9. The smallest absolute Gasteiger partial charge is 0.360 e. The van der Waals surface area contributed by atoms with Gasteiger partial charge in [-0.25, -0.2) is 4.79 Å². The van der Waals surface area contributed by atoms with Crippen LogP contribution in [-0.4, -0.2) is 22.2 Å². The maximum absolute atomic E-state index is 13.7. The van der Waals surface area contributed by atoms with Gasteiger partial charge in [-0.15, -0.1) is 0 Å². The minimum atomic E-state index is -5.05. The first-order valence-corrected chi connectivity index (χ1v) is 6.85. The van der Waals surface area contributed by atoms with Crippen molar-refractivity contribution < 1.29 is 23.1 Å². The summed E-state index contributed by atoms with van der Waals surface area (Å²) in [7, 11) is 0. The van der Waals surface area contributed by atoms with E-state index in [0.717, 1.165) is 6.07 Å². The molecular weight excluding hydrogens is 309 g/mol. The van der Waals surface area contributed by atoms with Crippen molar-refractivity contribution in [1.29, 1.82) is 0 Å². The summed E-state index contributed by atoms with van der Waals surface area (Å²) in [6, 6.07) is 12.5. The van der Waals surface area contributed by atoms with E-state index < -0.39 is 23.5 Å². The number of benzene rings is 2. The predicted molar refractivity (Wildman–Crippen MR) is 77.4 cm³/mol. The number of carbonyl (C=O) groups excluding carboxylic acids is 1. The summed E-state index contributed by atoms with van der Waals surface area (Å²) in [5.41, 5.74) is -3.36. The quantitative estimate of drug-likeness (QED) is 0.890. The second-order valence-corrected chi connectivity index (χ2v) is 5.22. The number of para-hydroxylation sites is 1. The molecule has 1 aliphatic heterocycles. The Morgan fingerprint density at radius 1 is 1.04 bits per heavy atom. The zero-order valence-electron chi connectivity index (χ0n) is 11.8. The summed E-state index contributed by atoms with van der Waals surface area (Å²) < 4.78 is 41.0. The highest BCUT2D eigenvalue weighted by Crippen LogP contribution is 2.47. The van der Waals surface area contributed by atoms with Gasteiger partial charge in [0.25, 0.3) is 5.72 Å². The van der Waals surface area contributed by atoms with Crippen LogP contribution in [-0.2, 0) is 12.3 Å². The Morgan fingerprint density at radius 2 is 1.65 bits per heavy atom. The fraction of sp³-hybridized carbons (Fsp3) is 0.188. The van der Waals surface area contributed by atoms with Crippen molar-refractivity contribution in [3.8, 4) is 0 Å². The molecule has 2 aromatic carbocycles. The van der Waals surface area contributed by atoms with Gasteiger partial charge in [0.15, 0.2) is 0 Å². The number of alkyl halides is 3. The number of hydrogen-bond donors (Lipinski definition) is 2. The Hall–Kier alpha value is -2.54. The first-order valence-electron chi connectivity index (χ1n) is 6.85. The van der Waals surface area contributed by atoms with Gasteiger partial charge < -0.3 is 10.4 Å². The van der Waals surface area contributed by atoms with E-state index in [9.17, 15) is 23.1 Å². The highest BCUT2D eigenvalue weighted by Gasteiger charge is 2.63. The lowest BCUT2D eigenvalue weighted by Crippen LogP contribution is -2.61. The highest BCUT2D eigenvalue weighted by molar-refractivity contribution is 5.93. The number of anilines is 1. The van der Waals surface area contributed by atoms with E-state index in [2.05, 4.69) is 5.32 Å². The Morgan fingerprint density at radius 3 is 2.30 bits per heavy atom. The van der Waals surface area contributed by atoms with Crippen molar-refractivity contribution in [1.82, 2.24) is 4.90 Å². The Kier molecular flexibility index (Phi) is 3.52. The summed E-state index contributed by atoms with van der Waals surface area (Å²) in [5.74, 6) is 0. The molecule has 2 N–H and O–H groups in total. The van der Waals surface area contributed by atoms with Crippen molar-refractivity contribution in [2.75, 3.05) is 5.32 Å². The van der Waals surface area contributed by atoms with Crippen LogP contribution in [0.5, 0.6) is 0 Å². The summed E-state index contributed by atoms with van der Waals surface area (Å²) >= 11 is 0. The molecule has 0 aliphatic carbocycles. The molecule has 2 amide bonds. The number of urea groups is 1. The van der Waals surface area contributed by atoms with Crippen molar-refractivity contribution in [2.24, 2.45) is 0 Å². The van der Waals surface area contributed by atoms with Gasteiger partial charge in [0.1, 0.15) is 0 Å². The van der Waals surface area contributed by atoms with Gasteiger partial charge in [0.05, 0.1) is 12.2 Å². The van der Waals surface area contributed by atoms with E-state index in [1.54, 1.807) is 30.3 Å². The molecule has 23 heavy (non-hydrogen) atoms. The van der Waals surface area contributed by atoms with Gasteiger partial charge >= 0.3 is 12.2 Å². The van der Waals surface area contributed by atoms with Gasteiger partial charge in [-0.05, 0) is 11.6 Å². The van der Waals surface area contributed by atoms with Crippen LogP contribution < -0.4 is 5.32 Å². The fourth-order valence-electron chi connectivity index (χ4n) is 2.63. The number of nitrogens with one attached hydrogen (secondary N) is 1. The molecule has 0 saturated heterocycles. The molecule has 0 spiro atoms. The molecule has 0 aromatic heterocycles. The van der Waals surface area contributed by atoms with Gasteiger partial charge in [-0.1, -0.05) is 48.5 Å². The molecule has 1 heterocycles. The van der Waals surface area contributed by atoms with Crippen molar-refractivity contribution in [2.45, 2.75) is 18.4 Å². The lowest BCUT2D eigenvalue weighted by molar-refractivity contribution is -0.315. The minimum absolute atomic E-state index is 0.0540. The molecule has 2 aromatic rings. The average Bonchev–Trinajstić information content (AvgIpc) is 2.51. The molecule has 1 aliphatic rings. The molecule has 3 rings (SSSR count). The van der Waals surface area contributed by atoms with E-state index in [1.165, 1.54) is 18.2 Å². The number of halogens is 3. The molecular formula is C16H13F3N2O2. The largest absolute Gasteiger partial charge is 0.441 e. The molecule has 0 saturated carbocycles. The third-order valence-electron chi connectivity index (χ3n) is 3.76. The predicted octanol–water partition coefficient (Wildman–Crippen LogP) is 3.44. The second-order valence-electron chi connectivity index (χ2n) is 5.22. The number of carbonyl (C=O) groups is 1. The van der Waals surface area contributed by atoms with Crippen molar-refractivity contribution in [3.63, 3.8) is 0 Å². The van der Waals surface area contributed by atoms with E-state index in [1.807, 2.05) is 0 Å². The van der Waals surface area contributed by atoms with Crippen LogP contribution in [0.1, 0.15) is 11.1 Å². The fourth-order valence-corrected chi connectivity index (χ4v) is 2.63. The van der Waals surface area contributed by atoms with Gasteiger partial charge in [0.2, 0.25) is 0 Å². The van der Waals surface area contributed by atoms with Crippen LogP contribution in [0, 0.1) is 0 Å². The number of amides is 2. The van der Waals surface area contributed by atoms with Gasteiger partial charge in [0, 0.05) is 5.56 Å². The summed E-state index contributed by atoms with van der Waals surface area (Å²) in [4.78, 5) is 12.6. The second kappa shape index (κ2) is 5.27. The lowest BCUT2D eigenvalue weighted by atomic mass is 9.95. The Labute approximate surface area is 130 Å². The van der Waals surface area contributed by atoms with Crippen LogP contribution in [0.25, 0.3) is 0 Å². The Balaban J connectivity index is 2.12. The Bertz CT molecular complexity index is 734. The van der Waals surface area contributed by atoms with Crippen LogP contribution in [0.15, 0.2) is 54.6 Å². The molecule has 7 heteroatoms. The first-order chi connectivity index (χ1) is 10.8. The molecule has 0 radical (unpaired) electrons. The lowest BCUT2D eigenvalue weighted by Gasteiger charge is -2.44. The maximum Gasteiger partial charge on any atom is 0.441 e. The van der Waals surface area contributed by atoms with Crippen LogP contribution >= 0.6 is 0 Å². The standard InChI is InChI=1S/C16H13F3N2O2/c17-16(18,19)15(23)12-8-4-5-9-13(12)20-14(22)21(15)10-11-6-2-1-3-7-11/h1-9,23H,10H2,(H,20,22). The van der Waals surface area contributed by atoms with Crippen molar-refractivity contribution >= 4 is 11.7 Å². The van der Waals surface area contributed by atoms with Crippen LogP contribution in [0.3, 0.4) is 0 Å². The number of aliphatic hydroxyl groups is 1. The highest BCUT2D eigenvalue weighted by atomic mass is 19.4. The third-order valence-corrected chi connectivity index (χ3v) is 3.76. The number of fused-ring (bicyclic) bond motifs is 1. The molecule has 1 atom stereocenters. The summed E-state index contributed by atoms with van der Waals surface area (Å²) in [5, 5.41) is 12.9. The monoisotopic (exact) mass is 322 g/mol. The minimum Gasteiger partial charge on any atom is -0.360 e. The third kappa shape index (κ3) is 2.43. The number of rotatable bonds is 2. The average molecular weight is 322 g/mol. The topological polar surface area (TPSA) is 52.6 Å². The molecule has 120 valence electrons. The van der Waals surface area contributed by atoms with E-state index in [0.29, 0.717) is 10.5 Å². The molecule has 4 nitrogen and oxygen atoms in total. The molecule has 0 fully saturated rings. The zero-order valence-corrected chi connectivity index (χ0v) is 11.8. The summed E-state index contributed by atoms with van der Waals surface area (Å²) in [6.07, 6.45) is -5.05. The zero-order chi connectivity index (χ0) is 16.7. The van der Waals surface area contributed by atoms with E-state index in [-0.39, 0.29) is 12.2 Å². The maximum atomic E-state index is 13.7. The van der Waals surface area contributed by atoms with Gasteiger partial charge in [-0.3, -0.25) is 4.90 Å². The van der Waals surface area contributed by atoms with Gasteiger partial charge in [-0.2, -0.15) is 13.2 Å². The number of nitrogens with zero attached hydrogens (tertiary/aromatic N) is 1. The van der Waals surface area contributed by atoms with Crippen LogP contribution in [0.2, 0.25) is 0 Å². The molecule has 1 unspecified atom stereocenters. The van der Waals surface area contributed by atoms with E-state index in [4.69, 9.17) is 0 Å².